The Hall–Kier alpha value is -3.84. The number of carboxylic acid groups (broad SMARTS) is 1. The van der Waals surface area contributed by atoms with Crippen LogP contribution in [0.3, 0.4) is 0 Å². The number of phenolic OH excluding ortho intramolecular Hbond substituents is 1. The number of carbonyl (C=O) groups excluding carboxylic acids is 3. The van der Waals surface area contributed by atoms with Gasteiger partial charge in [-0.1, -0.05) is 6.07 Å². The van der Waals surface area contributed by atoms with E-state index < -0.39 is 53.2 Å². The molecule has 3 aliphatic heterocycles. The summed E-state index contributed by atoms with van der Waals surface area (Å²) in [5.74, 6) is -1.59. The second-order valence-electron chi connectivity index (χ2n) is 11.8. The molecule has 2 fully saturated rings. The van der Waals surface area contributed by atoms with Crippen molar-refractivity contribution in [3.8, 4) is 11.5 Å². The molecule has 2 aliphatic carbocycles. The summed E-state index contributed by atoms with van der Waals surface area (Å²) in [5.41, 5.74) is -0.359. The number of likely N-dealkylation sites (N-methyl/N-ethyl adjacent to an activating group) is 1. The molecule has 1 aromatic rings. The largest absolute Gasteiger partial charge is 0.504 e. The number of esters is 2. The van der Waals surface area contributed by atoms with Crippen LogP contribution in [0.15, 0.2) is 24.0 Å². The van der Waals surface area contributed by atoms with Crippen molar-refractivity contribution in [3.05, 3.63) is 35.1 Å². The minimum Gasteiger partial charge on any atom is -0.504 e. The highest BCUT2D eigenvalue weighted by atomic mass is 16.6. The molecule has 4 N–H and O–H groups in total. The van der Waals surface area contributed by atoms with Crippen LogP contribution in [0.2, 0.25) is 0 Å². The monoisotopic (exact) mass is 585 g/mol. The first-order valence-corrected chi connectivity index (χ1v) is 14.3. The van der Waals surface area contributed by atoms with Gasteiger partial charge in [0.05, 0.1) is 17.4 Å². The minimum atomic E-state index is -1.27. The third-order valence-corrected chi connectivity index (χ3v) is 9.64. The van der Waals surface area contributed by atoms with Crippen molar-refractivity contribution in [2.45, 2.75) is 80.8 Å². The number of hydrogen-bond donors (Lipinski definition) is 4. The first-order valence-electron chi connectivity index (χ1n) is 14.3. The number of phenols is 1. The van der Waals surface area contributed by atoms with Gasteiger partial charge in [0, 0.05) is 31.1 Å². The number of nitrogens with zero attached hydrogens (tertiary/aromatic N) is 2. The molecule has 6 atom stereocenters. The van der Waals surface area contributed by atoms with E-state index in [4.69, 9.17) is 14.2 Å². The van der Waals surface area contributed by atoms with E-state index in [1.165, 1.54) is 6.92 Å². The van der Waals surface area contributed by atoms with Crippen molar-refractivity contribution in [2.75, 3.05) is 26.7 Å². The third-order valence-electron chi connectivity index (χ3n) is 9.64. The second kappa shape index (κ2) is 10.2. The van der Waals surface area contributed by atoms with E-state index in [-0.39, 0.29) is 43.5 Å². The van der Waals surface area contributed by atoms with Gasteiger partial charge in [0.25, 0.3) is 0 Å². The lowest BCUT2D eigenvalue weighted by atomic mass is 9.50. The van der Waals surface area contributed by atoms with Gasteiger partial charge in [0.1, 0.15) is 11.8 Å². The number of nitrogens with one attached hydrogen (secondary N) is 1. The van der Waals surface area contributed by atoms with E-state index in [1.54, 1.807) is 12.1 Å². The average Bonchev–Trinajstić information content (AvgIpc) is 3.57. The van der Waals surface area contributed by atoms with E-state index in [2.05, 4.69) is 10.2 Å². The maximum Gasteiger partial charge on any atom is 0.407 e. The highest BCUT2D eigenvalue weighted by Crippen LogP contribution is 2.65. The van der Waals surface area contributed by atoms with Gasteiger partial charge in [0.15, 0.2) is 23.7 Å². The molecule has 0 aromatic heterocycles. The van der Waals surface area contributed by atoms with Crippen LogP contribution >= 0.6 is 0 Å². The van der Waals surface area contributed by atoms with Crippen LogP contribution in [0, 0.1) is 0 Å². The first kappa shape index (κ1) is 28.3. The number of benzene rings is 1. The van der Waals surface area contributed by atoms with E-state index >= 15 is 0 Å². The summed E-state index contributed by atoms with van der Waals surface area (Å²) in [6.07, 6.45) is 0.478. The topological polar surface area (TPSA) is 175 Å². The van der Waals surface area contributed by atoms with Crippen molar-refractivity contribution < 1.29 is 48.7 Å². The molecule has 1 aromatic carbocycles. The third kappa shape index (κ3) is 4.12. The van der Waals surface area contributed by atoms with Crippen LogP contribution in [-0.2, 0) is 35.7 Å². The van der Waals surface area contributed by atoms with Gasteiger partial charge in [-0.25, -0.2) is 9.59 Å². The van der Waals surface area contributed by atoms with Crippen molar-refractivity contribution in [2.24, 2.45) is 0 Å². The Morgan fingerprint density at radius 1 is 1.24 bits per heavy atom. The summed E-state index contributed by atoms with van der Waals surface area (Å²) in [7, 11) is 1.98. The van der Waals surface area contributed by atoms with Gasteiger partial charge < -0.3 is 39.7 Å². The fourth-order valence-corrected chi connectivity index (χ4v) is 7.61. The summed E-state index contributed by atoms with van der Waals surface area (Å²) in [5, 5.41) is 34.6. The molecule has 2 saturated heterocycles. The van der Waals surface area contributed by atoms with E-state index in [0.717, 1.165) is 16.0 Å². The highest BCUT2D eigenvalue weighted by molar-refractivity contribution is 5.86. The lowest BCUT2D eigenvalue weighted by Gasteiger charge is -2.61. The number of rotatable bonds is 7. The number of carbonyl (C=O) groups is 4. The number of piperidine rings is 1. The SMILES string of the molecule is C[C@H](OC(=O)CCNC(=O)C1CCCN1C(=O)O)C(=O)OC1=CC[C@@]2(O)[C@H]3Cc4ccc(O)c5c4[C@@]2(CCN3C)[C@H]1O5. The van der Waals surface area contributed by atoms with Crippen LogP contribution in [0.4, 0.5) is 4.79 Å². The quantitative estimate of drug-likeness (QED) is 0.333. The molecular formula is C29H35N3O10. The molecule has 13 nitrogen and oxygen atoms in total. The fraction of sp³-hybridized carbons (Fsp3) is 0.586. The highest BCUT2D eigenvalue weighted by Gasteiger charge is 2.72. The maximum atomic E-state index is 13.0. The number of aromatic hydroxyl groups is 1. The Morgan fingerprint density at radius 2 is 2.02 bits per heavy atom. The number of ether oxygens (including phenoxy) is 3. The molecule has 226 valence electrons. The van der Waals surface area contributed by atoms with Gasteiger partial charge in [-0.3, -0.25) is 14.5 Å². The Balaban J connectivity index is 1.10. The van der Waals surface area contributed by atoms with Gasteiger partial charge in [-0.2, -0.15) is 0 Å². The number of amides is 2. The normalized spacial score (nSPS) is 31.4. The lowest BCUT2D eigenvalue weighted by Crippen LogP contribution is -2.74. The fourth-order valence-electron chi connectivity index (χ4n) is 7.61. The number of likely N-dealkylation sites (tertiary alicyclic amines) is 2. The van der Waals surface area contributed by atoms with E-state index in [9.17, 15) is 34.5 Å². The van der Waals surface area contributed by atoms with Gasteiger partial charge >= 0.3 is 18.0 Å². The Bertz CT molecular complexity index is 1380. The minimum absolute atomic E-state index is 0.0408. The Morgan fingerprint density at radius 3 is 2.79 bits per heavy atom. The van der Waals surface area contributed by atoms with E-state index in [0.29, 0.717) is 38.0 Å². The molecule has 0 radical (unpaired) electrons. The molecule has 6 rings (SSSR count). The van der Waals surface area contributed by atoms with Crippen molar-refractivity contribution >= 4 is 23.9 Å². The van der Waals surface area contributed by atoms with Crippen LogP contribution < -0.4 is 10.1 Å². The molecule has 2 amide bonds. The van der Waals surface area contributed by atoms with Crippen LogP contribution in [0.25, 0.3) is 0 Å². The van der Waals surface area contributed by atoms with Crippen LogP contribution in [0.1, 0.15) is 50.2 Å². The second-order valence-corrected chi connectivity index (χ2v) is 11.8. The maximum absolute atomic E-state index is 13.0. The summed E-state index contributed by atoms with van der Waals surface area (Å²) in [6, 6.07) is 2.46. The smallest absolute Gasteiger partial charge is 0.407 e. The summed E-state index contributed by atoms with van der Waals surface area (Å²) >= 11 is 0. The van der Waals surface area contributed by atoms with Gasteiger partial charge in [-0.15, -0.1) is 0 Å². The standard InChI is InChI=1S/C29H35N3O10/c1-15(40-21(34)8-11-30-25(35)17-4-3-12-32(17)27(37)38)26(36)41-19-7-9-29(39)20-14-16-5-6-18(33)23-22(16)28(29,24(19)42-23)10-13-31(20)2/h5-7,15,17,20,24,33,39H,3-4,8-14H2,1-2H3,(H,30,35)(H,37,38)/t15-,17?,20+,24-,28-,29+/m0/s1. The number of aliphatic hydroxyl groups is 1. The zero-order valence-electron chi connectivity index (χ0n) is 23.5. The summed E-state index contributed by atoms with van der Waals surface area (Å²) < 4.78 is 17.2. The van der Waals surface area contributed by atoms with Gasteiger partial charge in [0.2, 0.25) is 5.91 Å². The van der Waals surface area contributed by atoms with Gasteiger partial charge in [-0.05, 0) is 63.9 Å². The molecule has 2 bridgehead atoms. The summed E-state index contributed by atoms with van der Waals surface area (Å²) in [4.78, 5) is 52.3. The molecule has 1 spiro atoms. The van der Waals surface area contributed by atoms with Crippen LogP contribution in [-0.4, -0.2) is 106 Å². The van der Waals surface area contributed by atoms with Crippen LogP contribution in [0.5, 0.6) is 11.5 Å². The zero-order chi connectivity index (χ0) is 30.0. The van der Waals surface area contributed by atoms with Crippen molar-refractivity contribution in [1.29, 1.82) is 0 Å². The summed E-state index contributed by atoms with van der Waals surface area (Å²) in [6.45, 7) is 2.26. The zero-order valence-corrected chi connectivity index (χ0v) is 23.5. The molecule has 3 heterocycles. The molecule has 1 unspecified atom stereocenters. The average molecular weight is 586 g/mol. The van der Waals surface area contributed by atoms with E-state index in [1.807, 2.05) is 13.1 Å². The molecular weight excluding hydrogens is 550 g/mol. The predicted octanol–water partition coefficient (Wildman–Crippen LogP) is 0.794. The molecule has 0 saturated carbocycles. The Labute approximate surface area is 242 Å². The van der Waals surface area contributed by atoms with Crippen molar-refractivity contribution in [1.82, 2.24) is 15.1 Å². The predicted molar refractivity (Wildman–Crippen MR) is 144 cm³/mol. The Kier molecular flexibility index (Phi) is 6.84. The molecule has 13 heteroatoms. The van der Waals surface area contributed by atoms with Crippen molar-refractivity contribution in [3.63, 3.8) is 0 Å². The molecule has 5 aliphatic rings. The number of hydrogen-bond acceptors (Lipinski definition) is 10. The lowest BCUT2D eigenvalue weighted by molar-refractivity contribution is -0.175. The molecule has 42 heavy (non-hydrogen) atoms. The first-order chi connectivity index (χ1) is 20.0.